The first kappa shape index (κ1) is 29.4. The Labute approximate surface area is 230 Å². The number of benzene rings is 2. The SMILES string of the molecule is CC12CCC(C1)C(C)(C)C2OCC(O)CN1CCN(C(c2ccccc2)c2ccccc2)CC1.Cl.Cl. The highest BCUT2D eigenvalue weighted by molar-refractivity contribution is 5.85. The molecule has 1 saturated heterocycles. The van der Waals surface area contributed by atoms with Crippen LogP contribution in [0.1, 0.15) is 57.2 Å². The third kappa shape index (κ3) is 5.95. The van der Waals surface area contributed by atoms with E-state index in [9.17, 15) is 5.11 Å². The molecule has 2 aromatic rings. The van der Waals surface area contributed by atoms with E-state index in [0.29, 0.717) is 18.6 Å². The fourth-order valence-electron chi connectivity index (χ4n) is 7.32. The molecule has 0 amide bonds. The van der Waals surface area contributed by atoms with E-state index in [1.54, 1.807) is 0 Å². The molecule has 0 radical (unpaired) electrons. The second kappa shape index (κ2) is 12.1. The summed E-state index contributed by atoms with van der Waals surface area (Å²) in [7, 11) is 0. The van der Waals surface area contributed by atoms with Crippen LogP contribution in [0.5, 0.6) is 0 Å². The van der Waals surface area contributed by atoms with Crippen molar-refractivity contribution in [1.29, 1.82) is 0 Å². The number of rotatable bonds is 8. The zero-order chi connectivity index (χ0) is 23.8. The van der Waals surface area contributed by atoms with Gasteiger partial charge < -0.3 is 9.84 Å². The average molecular weight is 536 g/mol. The molecule has 2 aromatic carbocycles. The highest BCUT2D eigenvalue weighted by Crippen LogP contribution is 2.63. The summed E-state index contributed by atoms with van der Waals surface area (Å²) in [6.45, 7) is 12.2. The van der Waals surface area contributed by atoms with Crippen molar-refractivity contribution in [3.63, 3.8) is 0 Å². The van der Waals surface area contributed by atoms with Crippen LogP contribution in [0, 0.1) is 16.7 Å². The van der Waals surface area contributed by atoms with Gasteiger partial charge in [0.25, 0.3) is 0 Å². The fourth-order valence-corrected chi connectivity index (χ4v) is 7.32. The summed E-state index contributed by atoms with van der Waals surface area (Å²) in [5.41, 5.74) is 3.21. The minimum Gasteiger partial charge on any atom is -0.389 e. The molecule has 5 rings (SSSR count). The summed E-state index contributed by atoms with van der Waals surface area (Å²) in [6, 6.07) is 21.9. The standard InChI is InChI=1S/C30H42N2O2.2ClH/c1-29(2)25-14-15-30(3,20-25)28(29)34-22-26(33)21-31-16-18-32(19-17-31)27(23-10-6-4-7-11-23)24-12-8-5-9-13-24;;/h4-13,25-28,33H,14-22H2,1-3H3;2*1H. The van der Waals surface area contributed by atoms with Crippen LogP contribution >= 0.6 is 24.8 Å². The maximum absolute atomic E-state index is 10.8. The molecule has 200 valence electrons. The molecule has 4 nitrogen and oxygen atoms in total. The third-order valence-corrected chi connectivity index (χ3v) is 9.06. The number of halogens is 2. The second-order valence-corrected chi connectivity index (χ2v) is 11.8. The molecule has 4 unspecified atom stereocenters. The van der Waals surface area contributed by atoms with Gasteiger partial charge in [0.1, 0.15) is 0 Å². The van der Waals surface area contributed by atoms with Gasteiger partial charge in [-0.15, -0.1) is 24.8 Å². The second-order valence-electron chi connectivity index (χ2n) is 11.8. The Morgan fingerprint density at radius 2 is 1.44 bits per heavy atom. The summed E-state index contributed by atoms with van der Waals surface area (Å²) in [6.07, 6.45) is 3.73. The summed E-state index contributed by atoms with van der Waals surface area (Å²) in [5, 5.41) is 10.8. The third-order valence-electron chi connectivity index (χ3n) is 9.06. The van der Waals surface area contributed by atoms with E-state index in [1.165, 1.54) is 30.4 Å². The lowest BCUT2D eigenvalue weighted by atomic mass is 9.70. The Morgan fingerprint density at radius 3 is 1.94 bits per heavy atom. The monoisotopic (exact) mass is 534 g/mol. The van der Waals surface area contributed by atoms with E-state index >= 15 is 0 Å². The predicted molar refractivity (Wildman–Crippen MR) is 152 cm³/mol. The first-order valence-corrected chi connectivity index (χ1v) is 13.2. The lowest BCUT2D eigenvalue weighted by molar-refractivity contribution is -0.114. The van der Waals surface area contributed by atoms with Crippen molar-refractivity contribution in [2.24, 2.45) is 16.7 Å². The topological polar surface area (TPSA) is 35.9 Å². The van der Waals surface area contributed by atoms with Crippen LogP contribution in [0.25, 0.3) is 0 Å². The van der Waals surface area contributed by atoms with Gasteiger partial charge >= 0.3 is 0 Å². The van der Waals surface area contributed by atoms with Crippen molar-refractivity contribution in [3.8, 4) is 0 Å². The number of hydrogen-bond acceptors (Lipinski definition) is 4. The minimum absolute atomic E-state index is 0. The highest BCUT2D eigenvalue weighted by Gasteiger charge is 2.60. The predicted octanol–water partition coefficient (Wildman–Crippen LogP) is 5.83. The normalized spacial score (nSPS) is 28.5. The maximum Gasteiger partial charge on any atom is 0.0900 e. The van der Waals surface area contributed by atoms with Crippen LogP contribution in [-0.4, -0.2) is 66.4 Å². The summed E-state index contributed by atoms with van der Waals surface area (Å²) >= 11 is 0. The molecular weight excluding hydrogens is 491 g/mol. The summed E-state index contributed by atoms with van der Waals surface area (Å²) in [4.78, 5) is 4.99. The van der Waals surface area contributed by atoms with Crippen molar-refractivity contribution >= 4 is 24.8 Å². The van der Waals surface area contributed by atoms with Crippen molar-refractivity contribution < 1.29 is 9.84 Å². The van der Waals surface area contributed by atoms with Crippen LogP contribution < -0.4 is 0 Å². The van der Waals surface area contributed by atoms with Crippen LogP contribution in [0.4, 0.5) is 0 Å². The molecule has 36 heavy (non-hydrogen) atoms. The molecule has 1 heterocycles. The molecule has 2 aliphatic carbocycles. The zero-order valence-electron chi connectivity index (χ0n) is 22.0. The first-order chi connectivity index (χ1) is 16.4. The number of piperazine rings is 1. The van der Waals surface area contributed by atoms with E-state index in [2.05, 4.69) is 91.2 Å². The molecule has 0 spiro atoms. The molecule has 2 bridgehead atoms. The number of ether oxygens (including phenoxy) is 1. The van der Waals surface area contributed by atoms with Gasteiger partial charge in [-0.25, -0.2) is 0 Å². The fraction of sp³-hybridized carbons (Fsp3) is 0.600. The number of β-amino-alcohol motifs (C(OH)–C–C–N with tert-alkyl or cyclic N) is 1. The lowest BCUT2D eigenvalue weighted by Gasteiger charge is -2.43. The molecular formula is C30H44Cl2N2O2. The Balaban J connectivity index is 0.00000180. The van der Waals surface area contributed by atoms with E-state index in [1.807, 2.05) is 0 Å². The van der Waals surface area contributed by atoms with Gasteiger partial charge in [-0.3, -0.25) is 9.80 Å². The van der Waals surface area contributed by atoms with Gasteiger partial charge in [0.05, 0.1) is 24.9 Å². The van der Waals surface area contributed by atoms with Gasteiger partial charge in [-0.2, -0.15) is 0 Å². The molecule has 3 fully saturated rings. The molecule has 2 saturated carbocycles. The Kier molecular flexibility index (Phi) is 9.93. The molecule has 0 aromatic heterocycles. The van der Waals surface area contributed by atoms with E-state index < -0.39 is 6.10 Å². The first-order valence-electron chi connectivity index (χ1n) is 13.2. The van der Waals surface area contributed by atoms with Crippen LogP contribution in [0.3, 0.4) is 0 Å². The van der Waals surface area contributed by atoms with Crippen LogP contribution in [0.2, 0.25) is 0 Å². The minimum atomic E-state index is -0.427. The Morgan fingerprint density at radius 1 is 0.889 bits per heavy atom. The number of hydrogen-bond donors (Lipinski definition) is 1. The molecule has 1 N–H and O–H groups in total. The van der Waals surface area contributed by atoms with Gasteiger partial charge in [0.15, 0.2) is 0 Å². The van der Waals surface area contributed by atoms with Gasteiger partial charge in [0.2, 0.25) is 0 Å². The Hall–Kier alpha value is -1.14. The highest BCUT2D eigenvalue weighted by atomic mass is 35.5. The summed E-state index contributed by atoms with van der Waals surface area (Å²) < 4.78 is 6.45. The maximum atomic E-state index is 10.8. The molecule has 4 atom stereocenters. The van der Waals surface area contributed by atoms with Gasteiger partial charge in [-0.1, -0.05) is 81.4 Å². The van der Waals surface area contributed by atoms with E-state index in [0.717, 1.165) is 32.1 Å². The number of aliphatic hydroxyl groups is 1. The van der Waals surface area contributed by atoms with Crippen molar-refractivity contribution in [3.05, 3.63) is 71.8 Å². The van der Waals surface area contributed by atoms with Crippen molar-refractivity contribution in [2.75, 3.05) is 39.3 Å². The van der Waals surface area contributed by atoms with Crippen LogP contribution in [0.15, 0.2) is 60.7 Å². The quantitative estimate of drug-likeness (QED) is 0.462. The molecule has 6 heteroatoms. The smallest absolute Gasteiger partial charge is 0.0900 e. The van der Waals surface area contributed by atoms with Crippen LogP contribution in [-0.2, 0) is 4.74 Å². The van der Waals surface area contributed by atoms with E-state index in [-0.39, 0.29) is 42.4 Å². The van der Waals surface area contributed by atoms with Crippen molar-refractivity contribution in [2.45, 2.75) is 58.3 Å². The molecule has 1 aliphatic heterocycles. The zero-order valence-corrected chi connectivity index (χ0v) is 23.6. The number of nitrogens with zero attached hydrogens (tertiary/aromatic N) is 2. The van der Waals surface area contributed by atoms with Gasteiger partial charge in [-0.05, 0) is 47.1 Å². The van der Waals surface area contributed by atoms with Crippen molar-refractivity contribution in [1.82, 2.24) is 9.80 Å². The lowest BCUT2D eigenvalue weighted by Crippen LogP contribution is -2.50. The summed E-state index contributed by atoms with van der Waals surface area (Å²) in [5.74, 6) is 0.773. The van der Waals surface area contributed by atoms with E-state index in [4.69, 9.17) is 4.74 Å². The molecule has 3 aliphatic rings. The number of fused-ring (bicyclic) bond motifs is 2. The largest absolute Gasteiger partial charge is 0.389 e. The number of aliphatic hydroxyl groups excluding tert-OH is 1. The average Bonchev–Trinajstić information content (AvgIpc) is 3.32. The Bertz CT molecular complexity index is 892. The van der Waals surface area contributed by atoms with Gasteiger partial charge in [0, 0.05) is 32.7 Å².